The maximum absolute atomic E-state index is 12.5. The molecule has 3 heterocycles. The molecular formula is C17H27ClN4O4. The van der Waals surface area contributed by atoms with E-state index >= 15 is 0 Å². The van der Waals surface area contributed by atoms with Gasteiger partial charge in [-0.2, -0.15) is 5.16 Å². The van der Waals surface area contributed by atoms with E-state index in [0.29, 0.717) is 44.0 Å². The molecule has 2 fully saturated rings. The van der Waals surface area contributed by atoms with Crippen molar-refractivity contribution in [3.63, 3.8) is 0 Å². The molecule has 2 atom stereocenters. The Labute approximate surface area is 158 Å². The van der Waals surface area contributed by atoms with Crippen LogP contribution in [0.25, 0.3) is 0 Å². The van der Waals surface area contributed by atoms with Gasteiger partial charge in [0.1, 0.15) is 5.76 Å². The average Bonchev–Trinajstić information content (AvgIpc) is 3.04. The highest BCUT2D eigenvalue weighted by molar-refractivity contribution is 5.85. The molecule has 0 spiro atoms. The van der Waals surface area contributed by atoms with Crippen LogP contribution in [0.1, 0.15) is 31.4 Å². The molecule has 0 unspecified atom stereocenters. The van der Waals surface area contributed by atoms with Crippen molar-refractivity contribution in [2.45, 2.75) is 38.1 Å². The zero-order valence-electron chi connectivity index (χ0n) is 15.0. The van der Waals surface area contributed by atoms with Crippen LogP contribution >= 0.6 is 12.4 Å². The molecule has 8 nitrogen and oxygen atoms in total. The lowest BCUT2D eigenvalue weighted by Gasteiger charge is -2.47. The molecule has 26 heavy (non-hydrogen) atoms. The Morgan fingerprint density at radius 3 is 2.88 bits per heavy atom. The number of aromatic nitrogens is 1. The number of nitrogens with zero attached hydrogens (tertiary/aromatic N) is 2. The molecular weight excluding hydrogens is 360 g/mol. The molecule has 0 aromatic carbocycles. The van der Waals surface area contributed by atoms with Crippen molar-refractivity contribution >= 4 is 24.2 Å². The maximum Gasteiger partial charge on any atom is 0.280 e. The van der Waals surface area contributed by atoms with E-state index in [1.165, 1.54) is 6.07 Å². The molecule has 1 aromatic heterocycles. The predicted molar refractivity (Wildman–Crippen MR) is 98.2 cm³/mol. The van der Waals surface area contributed by atoms with E-state index in [0.717, 1.165) is 25.9 Å². The van der Waals surface area contributed by atoms with Gasteiger partial charge in [0.25, 0.3) is 5.56 Å². The molecule has 1 aromatic rings. The zero-order valence-corrected chi connectivity index (χ0v) is 15.8. The number of carbonyl (C=O) groups excluding carboxylic acids is 2. The second-order valence-corrected chi connectivity index (χ2v) is 6.86. The first-order valence-corrected chi connectivity index (χ1v) is 8.97. The third kappa shape index (κ3) is 4.67. The lowest BCUT2D eigenvalue weighted by Crippen LogP contribution is -2.57. The van der Waals surface area contributed by atoms with Crippen LogP contribution in [0.3, 0.4) is 0 Å². The molecule has 0 bridgehead atoms. The number of piperidine rings is 2. The fraction of sp³-hybridized carbons (Fsp3) is 0.706. The van der Waals surface area contributed by atoms with Crippen molar-refractivity contribution < 1.29 is 14.1 Å². The number of hydrogen-bond acceptors (Lipinski definition) is 5. The van der Waals surface area contributed by atoms with E-state index in [1.807, 2.05) is 16.8 Å². The third-order valence-corrected chi connectivity index (χ3v) is 5.26. The van der Waals surface area contributed by atoms with Crippen LogP contribution < -0.4 is 10.9 Å². The fourth-order valence-electron chi connectivity index (χ4n) is 3.93. The largest absolute Gasteiger partial charge is 0.384 e. The Kier molecular flexibility index (Phi) is 7.28. The number of amides is 2. The van der Waals surface area contributed by atoms with E-state index < -0.39 is 0 Å². The molecule has 0 radical (unpaired) electrons. The fourth-order valence-corrected chi connectivity index (χ4v) is 3.93. The van der Waals surface area contributed by atoms with Crippen molar-refractivity contribution in [1.29, 1.82) is 0 Å². The molecule has 3 rings (SSSR count). The minimum atomic E-state index is -0.281. The van der Waals surface area contributed by atoms with E-state index in [9.17, 15) is 14.4 Å². The number of halogens is 1. The van der Waals surface area contributed by atoms with Crippen LogP contribution in [0, 0.1) is 5.92 Å². The van der Waals surface area contributed by atoms with E-state index in [2.05, 4.69) is 10.5 Å². The first kappa shape index (κ1) is 20.5. The minimum absolute atomic E-state index is 0. The quantitative estimate of drug-likeness (QED) is 0.736. The minimum Gasteiger partial charge on any atom is -0.384 e. The monoisotopic (exact) mass is 386 g/mol. The molecule has 2 aliphatic heterocycles. The average molecular weight is 387 g/mol. The highest BCUT2D eigenvalue weighted by atomic mass is 35.5. The Morgan fingerprint density at radius 1 is 1.38 bits per heavy atom. The highest BCUT2D eigenvalue weighted by Crippen LogP contribution is 2.31. The van der Waals surface area contributed by atoms with Crippen LogP contribution in [0.4, 0.5) is 0 Å². The number of H-pyrrole nitrogens is 1. The van der Waals surface area contributed by atoms with Crippen molar-refractivity contribution in [2.24, 2.45) is 5.92 Å². The summed E-state index contributed by atoms with van der Waals surface area (Å²) in [6.45, 7) is 2.92. The number of likely N-dealkylation sites (N-methyl/N-ethyl adjacent to an activating group) is 1. The Bertz CT molecular complexity index is 674. The number of rotatable bonds is 6. The standard InChI is InChI=1S/C17H26N4O4.ClH/c1-18-7-9-21-14-6-8-20(11-12(14)2-4-17(21)24)16(23)5-3-13-10-15(22)19-25-13;/h10,12,14,18H,2-9,11H2,1H3,(H,19,22);1H/t12-,14+;/m0./s1. The maximum atomic E-state index is 12.5. The smallest absolute Gasteiger partial charge is 0.280 e. The summed E-state index contributed by atoms with van der Waals surface area (Å²) >= 11 is 0. The summed E-state index contributed by atoms with van der Waals surface area (Å²) in [7, 11) is 1.89. The van der Waals surface area contributed by atoms with Gasteiger partial charge in [0.2, 0.25) is 11.8 Å². The van der Waals surface area contributed by atoms with Crippen molar-refractivity contribution in [1.82, 2.24) is 20.3 Å². The van der Waals surface area contributed by atoms with Gasteiger partial charge >= 0.3 is 0 Å². The Hall–Kier alpha value is -1.80. The summed E-state index contributed by atoms with van der Waals surface area (Å²) in [5.41, 5.74) is -0.281. The van der Waals surface area contributed by atoms with Crippen LogP contribution in [-0.2, 0) is 16.0 Å². The van der Waals surface area contributed by atoms with Gasteiger partial charge < -0.3 is 19.6 Å². The Morgan fingerprint density at radius 2 is 2.19 bits per heavy atom. The normalized spacial score (nSPS) is 22.7. The number of hydrogen-bond donors (Lipinski definition) is 2. The van der Waals surface area contributed by atoms with Crippen LogP contribution in [0.2, 0.25) is 0 Å². The van der Waals surface area contributed by atoms with E-state index in [-0.39, 0.29) is 35.8 Å². The molecule has 2 saturated heterocycles. The molecule has 0 saturated carbocycles. The van der Waals surface area contributed by atoms with Gasteiger partial charge in [-0.15, -0.1) is 12.4 Å². The Balaban J connectivity index is 0.00000243. The summed E-state index contributed by atoms with van der Waals surface area (Å²) in [5.74, 6) is 1.19. The van der Waals surface area contributed by atoms with Crippen LogP contribution in [0.5, 0.6) is 0 Å². The second-order valence-electron chi connectivity index (χ2n) is 6.86. The second kappa shape index (κ2) is 9.23. The third-order valence-electron chi connectivity index (χ3n) is 5.26. The first-order valence-electron chi connectivity index (χ1n) is 8.97. The van der Waals surface area contributed by atoms with Crippen molar-refractivity contribution in [2.75, 3.05) is 33.2 Å². The number of aryl methyl sites for hydroxylation is 1. The summed E-state index contributed by atoms with van der Waals surface area (Å²) in [4.78, 5) is 39.6. The lowest BCUT2D eigenvalue weighted by molar-refractivity contribution is -0.144. The summed E-state index contributed by atoms with van der Waals surface area (Å²) < 4.78 is 4.99. The molecule has 0 aliphatic carbocycles. The summed E-state index contributed by atoms with van der Waals surface area (Å²) in [5, 5.41) is 5.34. The van der Waals surface area contributed by atoms with Gasteiger partial charge in [-0.25, -0.2) is 0 Å². The number of fused-ring (bicyclic) bond motifs is 1. The number of aromatic amines is 1. The number of carbonyl (C=O) groups is 2. The van der Waals surface area contributed by atoms with Crippen LogP contribution in [-0.4, -0.2) is 66.0 Å². The number of nitrogens with one attached hydrogen (secondary N) is 2. The lowest BCUT2D eigenvalue weighted by atomic mass is 9.83. The number of likely N-dealkylation sites (tertiary alicyclic amines) is 2. The van der Waals surface area contributed by atoms with Crippen molar-refractivity contribution in [3.05, 3.63) is 22.2 Å². The molecule has 9 heteroatoms. The van der Waals surface area contributed by atoms with Gasteiger partial charge in [0, 0.05) is 57.5 Å². The van der Waals surface area contributed by atoms with Crippen LogP contribution in [0.15, 0.2) is 15.4 Å². The van der Waals surface area contributed by atoms with Gasteiger partial charge in [-0.05, 0) is 25.8 Å². The van der Waals surface area contributed by atoms with Gasteiger partial charge in [-0.3, -0.25) is 14.4 Å². The van der Waals surface area contributed by atoms with Crippen molar-refractivity contribution in [3.8, 4) is 0 Å². The predicted octanol–water partition coefficient (Wildman–Crippen LogP) is 0.381. The molecule has 2 aliphatic rings. The van der Waals surface area contributed by atoms with Gasteiger partial charge in [0.15, 0.2) is 0 Å². The van der Waals surface area contributed by atoms with E-state index in [4.69, 9.17) is 4.52 Å². The molecule has 146 valence electrons. The van der Waals surface area contributed by atoms with Gasteiger partial charge in [0.05, 0.1) is 0 Å². The highest BCUT2D eigenvalue weighted by Gasteiger charge is 2.39. The zero-order chi connectivity index (χ0) is 17.8. The van der Waals surface area contributed by atoms with Gasteiger partial charge in [-0.1, -0.05) is 0 Å². The summed E-state index contributed by atoms with van der Waals surface area (Å²) in [6, 6.07) is 1.63. The molecule has 2 N–H and O–H groups in total. The first-order chi connectivity index (χ1) is 12.1. The SMILES string of the molecule is CNCCN1C(=O)CC[C@H]2CN(C(=O)CCc3cc(=O)[nH]o3)CC[C@H]21.Cl. The molecule has 2 amide bonds. The van der Waals surface area contributed by atoms with E-state index in [1.54, 1.807) is 0 Å². The summed E-state index contributed by atoms with van der Waals surface area (Å²) in [6.07, 6.45) is 3.03. The topological polar surface area (TPSA) is 98.6 Å².